The summed E-state index contributed by atoms with van der Waals surface area (Å²) in [6.45, 7) is 2.37. The van der Waals surface area contributed by atoms with Crippen molar-refractivity contribution < 1.29 is 19.1 Å². The molecule has 0 unspecified atom stereocenters. The summed E-state index contributed by atoms with van der Waals surface area (Å²) >= 11 is 0. The number of aromatic nitrogens is 2. The van der Waals surface area contributed by atoms with E-state index < -0.39 is 11.0 Å². The lowest BCUT2D eigenvalue weighted by Gasteiger charge is -2.26. The van der Waals surface area contributed by atoms with Gasteiger partial charge >= 0.3 is 5.97 Å². The first-order valence-corrected chi connectivity index (χ1v) is 11.7. The molecule has 1 atom stereocenters. The number of rotatable bonds is 4. The highest BCUT2D eigenvalue weighted by Gasteiger charge is 2.58. The number of carbonyl (C=O) groups is 3. The van der Waals surface area contributed by atoms with Crippen LogP contribution in [0.15, 0.2) is 61.1 Å². The fourth-order valence-electron chi connectivity index (χ4n) is 5.36. The Labute approximate surface area is 202 Å². The van der Waals surface area contributed by atoms with Gasteiger partial charge in [-0.3, -0.25) is 19.6 Å². The van der Waals surface area contributed by atoms with Crippen molar-refractivity contribution in [1.82, 2.24) is 14.9 Å². The van der Waals surface area contributed by atoms with E-state index in [9.17, 15) is 14.4 Å². The van der Waals surface area contributed by atoms with Crippen LogP contribution in [0.5, 0.6) is 0 Å². The Hall–Kier alpha value is -4.07. The Morgan fingerprint density at radius 3 is 2.69 bits per heavy atom. The van der Waals surface area contributed by atoms with E-state index in [1.165, 1.54) is 6.92 Å². The van der Waals surface area contributed by atoms with E-state index in [2.05, 4.69) is 15.3 Å². The summed E-state index contributed by atoms with van der Waals surface area (Å²) in [5.41, 5.74) is 3.24. The number of amides is 2. The molecule has 2 fully saturated rings. The van der Waals surface area contributed by atoms with E-state index in [-0.39, 0.29) is 17.8 Å². The van der Waals surface area contributed by atoms with Crippen LogP contribution in [0.4, 0.5) is 5.69 Å². The number of anilines is 1. The molecule has 6 rings (SSSR count). The topological polar surface area (TPSA) is 101 Å². The molecular weight excluding hydrogens is 444 g/mol. The van der Waals surface area contributed by atoms with Crippen LogP contribution in [0.1, 0.15) is 47.7 Å². The first kappa shape index (κ1) is 21.5. The highest BCUT2D eigenvalue weighted by Crippen LogP contribution is 2.52. The number of benzene rings is 1. The molecule has 176 valence electrons. The van der Waals surface area contributed by atoms with Crippen LogP contribution in [-0.2, 0) is 25.3 Å². The van der Waals surface area contributed by atoms with E-state index in [4.69, 9.17) is 4.74 Å². The molecule has 1 saturated carbocycles. The largest absolute Gasteiger partial charge is 0.449 e. The van der Waals surface area contributed by atoms with Gasteiger partial charge in [0.1, 0.15) is 0 Å². The van der Waals surface area contributed by atoms with Crippen molar-refractivity contribution >= 4 is 23.5 Å². The van der Waals surface area contributed by atoms with Crippen LogP contribution >= 0.6 is 0 Å². The predicted molar refractivity (Wildman–Crippen MR) is 127 cm³/mol. The monoisotopic (exact) mass is 468 g/mol. The second kappa shape index (κ2) is 7.73. The minimum atomic E-state index is -0.776. The van der Waals surface area contributed by atoms with Gasteiger partial charge < -0.3 is 15.0 Å². The van der Waals surface area contributed by atoms with Gasteiger partial charge in [0.25, 0.3) is 0 Å². The van der Waals surface area contributed by atoms with Crippen molar-refractivity contribution in [2.75, 3.05) is 18.4 Å². The van der Waals surface area contributed by atoms with Crippen molar-refractivity contribution in [2.24, 2.45) is 0 Å². The summed E-state index contributed by atoms with van der Waals surface area (Å²) in [6.07, 6.45) is 7.11. The molecule has 0 bridgehead atoms. The molecule has 8 heteroatoms. The Balaban J connectivity index is 1.21. The first-order chi connectivity index (χ1) is 16.9. The van der Waals surface area contributed by atoms with Crippen LogP contribution in [0.2, 0.25) is 0 Å². The fraction of sp³-hybridized carbons (Fsp3) is 0.296. The number of pyridine rings is 2. The molecule has 3 aromatic rings. The van der Waals surface area contributed by atoms with Gasteiger partial charge in [0.15, 0.2) is 5.60 Å². The van der Waals surface area contributed by atoms with Crippen molar-refractivity contribution in [3.8, 4) is 11.3 Å². The number of ether oxygens (including phenoxy) is 1. The number of esters is 1. The molecule has 2 aliphatic heterocycles. The van der Waals surface area contributed by atoms with E-state index in [1.54, 1.807) is 18.6 Å². The molecular formula is C27H24N4O4. The average molecular weight is 469 g/mol. The van der Waals surface area contributed by atoms with Gasteiger partial charge in [-0.1, -0.05) is 18.2 Å². The zero-order chi connectivity index (χ0) is 24.2. The molecule has 1 aliphatic carbocycles. The number of hydrogen-bond acceptors (Lipinski definition) is 6. The third-order valence-electron chi connectivity index (χ3n) is 7.29. The summed E-state index contributed by atoms with van der Waals surface area (Å²) in [6, 6.07) is 13.2. The maximum Gasteiger partial charge on any atom is 0.341 e. The molecule has 2 amide bonds. The number of nitrogens with one attached hydrogen (secondary N) is 1. The van der Waals surface area contributed by atoms with Crippen molar-refractivity contribution in [3.63, 3.8) is 0 Å². The summed E-state index contributed by atoms with van der Waals surface area (Å²) in [5.74, 6) is -0.433. The van der Waals surface area contributed by atoms with E-state index in [0.717, 1.165) is 35.2 Å². The quantitative estimate of drug-likeness (QED) is 0.589. The molecule has 0 radical (unpaired) electrons. The fourth-order valence-corrected chi connectivity index (χ4v) is 5.36. The average Bonchev–Trinajstić information content (AvgIpc) is 3.50. The van der Waals surface area contributed by atoms with Crippen LogP contribution in [0, 0.1) is 0 Å². The summed E-state index contributed by atoms with van der Waals surface area (Å²) < 4.78 is 5.79. The highest BCUT2D eigenvalue weighted by molar-refractivity contribution is 5.95. The highest BCUT2D eigenvalue weighted by atomic mass is 16.6. The van der Waals surface area contributed by atoms with Gasteiger partial charge in [0, 0.05) is 55.3 Å². The third kappa shape index (κ3) is 3.48. The SMILES string of the molecule is CC(=O)Nc1cccc(-c2ccc(C3(C(=O)N4CC[C@@]5(C4)OC(=O)c4cnccc45)CC3)cn2)c1. The first-order valence-electron chi connectivity index (χ1n) is 11.7. The van der Waals surface area contributed by atoms with Crippen molar-refractivity contribution in [2.45, 2.75) is 37.2 Å². The van der Waals surface area contributed by atoms with Gasteiger partial charge in [-0.25, -0.2) is 4.79 Å². The molecule has 2 aromatic heterocycles. The standard InChI is InChI=1S/C27H24N4O4/c1-17(32)30-20-4-2-3-18(13-20)23-6-5-19(14-29-23)26(8-9-26)25(34)31-12-10-27(16-31)22-7-11-28-15-21(22)24(33)35-27/h2-7,11,13-15H,8-10,12,16H2,1H3,(H,30,32)/t27-/m0/s1. The van der Waals surface area contributed by atoms with Gasteiger partial charge in [0.05, 0.1) is 23.2 Å². The van der Waals surface area contributed by atoms with Crippen LogP contribution < -0.4 is 5.32 Å². The van der Waals surface area contributed by atoms with Gasteiger partial charge in [-0.2, -0.15) is 0 Å². The molecule has 1 spiro atoms. The normalized spacial score (nSPS) is 21.5. The minimum Gasteiger partial charge on any atom is -0.449 e. The van der Waals surface area contributed by atoms with E-state index >= 15 is 0 Å². The van der Waals surface area contributed by atoms with Crippen LogP contribution in [0.3, 0.4) is 0 Å². The van der Waals surface area contributed by atoms with Crippen LogP contribution in [-0.4, -0.2) is 45.7 Å². The lowest BCUT2D eigenvalue weighted by atomic mass is 9.92. The third-order valence-corrected chi connectivity index (χ3v) is 7.29. The second-order valence-electron chi connectivity index (χ2n) is 9.56. The summed E-state index contributed by atoms with van der Waals surface area (Å²) in [7, 11) is 0. The van der Waals surface area contributed by atoms with E-state index in [0.29, 0.717) is 30.8 Å². The van der Waals surface area contributed by atoms with Gasteiger partial charge in [-0.05, 0) is 42.7 Å². The molecule has 8 nitrogen and oxygen atoms in total. The Kier molecular flexibility index (Phi) is 4.74. The number of likely N-dealkylation sites (tertiary alicyclic amines) is 1. The molecule has 1 aromatic carbocycles. The summed E-state index contributed by atoms with van der Waals surface area (Å²) in [5, 5.41) is 2.78. The molecule has 3 aliphatic rings. The maximum atomic E-state index is 13.7. The molecule has 35 heavy (non-hydrogen) atoms. The lowest BCUT2D eigenvalue weighted by Crippen LogP contribution is -2.40. The molecule has 4 heterocycles. The number of fused-ring (bicyclic) bond motifs is 2. The van der Waals surface area contributed by atoms with Crippen molar-refractivity contribution in [1.29, 1.82) is 0 Å². The van der Waals surface area contributed by atoms with Gasteiger partial charge in [0.2, 0.25) is 11.8 Å². The zero-order valence-corrected chi connectivity index (χ0v) is 19.3. The number of hydrogen-bond donors (Lipinski definition) is 1. The maximum absolute atomic E-state index is 13.7. The Morgan fingerprint density at radius 1 is 1.09 bits per heavy atom. The Morgan fingerprint density at radius 2 is 1.94 bits per heavy atom. The second-order valence-corrected chi connectivity index (χ2v) is 9.56. The molecule has 1 saturated heterocycles. The minimum absolute atomic E-state index is 0.0649. The Bertz CT molecular complexity index is 1370. The predicted octanol–water partition coefficient (Wildman–Crippen LogP) is 3.43. The van der Waals surface area contributed by atoms with E-state index in [1.807, 2.05) is 47.4 Å². The number of nitrogens with zero attached hydrogens (tertiary/aromatic N) is 3. The zero-order valence-electron chi connectivity index (χ0n) is 19.3. The van der Waals surface area contributed by atoms with Crippen molar-refractivity contribution in [3.05, 3.63) is 77.7 Å². The molecule has 1 N–H and O–H groups in total. The van der Waals surface area contributed by atoms with Gasteiger partial charge in [-0.15, -0.1) is 0 Å². The number of carbonyl (C=O) groups excluding carboxylic acids is 3. The smallest absolute Gasteiger partial charge is 0.341 e. The lowest BCUT2D eigenvalue weighted by molar-refractivity contribution is -0.134. The van der Waals surface area contributed by atoms with Crippen LogP contribution in [0.25, 0.3) is 11.3 Å². The summed E-state index contributed by atoms with van der Waals surface area (Å²) in [4.78, 5) is 47.9.